The van der Waals surface area contributed by atoms with Gasteiger partial charge in [0.1, 0.15) is 4.83 Å². The van der Waals surface area contributed by atoms with Crippen molar-refractivity contribution in [2.45, 2.75) is 11.0 Å². The van der Waals surface area contributed by atoms with E-state index in [0.717, 1.165) is 0 Å². The molecule has 1 unspecified atom stereocenters. The van der Waals surface area contributed by atoms with Crippen molar-refractivity contribution in [3.05, 3.63) is 0 Å². The van der Waals surface area contributed by atoms with Crippen LogP contribution in [0.1, 0.15) is 0 Å². The lowest BCUT2D eigenvalue weighted by Gasteiger charge is -2.25. The van der Waals surface area contributed by atoms with Crippen molar-refractivity contribution in [1.82, 2.24) is 4.90 Å². The first-order valence-electron chi connectivity index (χ1n) is 4.82. The molecule has 0 fully saturated rings. The second kappa shape index (κ2) is 8.27. The van der Waals surface area contributed by atoms with Crippen molar-refractivity contribution < 1.29 is 22.6 Å². The minimum atomic E-state index is -4.22. The normalized spacial score (nSPS) is 14.4. The summed E-state index contributed by atoms with van der Waals surface area (Å²) in [6.45, 7) is 1.62. The van der Waals surface area contributed by atoms with Crippen LogP contribution >= 0.6 is 15.9 Å². The summed E-state index contributed by atoms with van der Waals surface area (Å²) in [7, 11) is 3.04. The second-order valence-electron chi connectivity index (χ2n) is 3.30. The summed E-state index contributed by atoms with van der Waals surface area (Å²) >= 11 is 2.63. The molecule has 0 saturated carbocycles. The molecule has 0 aliphatic carbocycles. The lowest BCUT2D eigenvalue weighted by Crippen LogP contribution is -2.40. The van der Waals surface area contributed by atoms with Crippen molar-refractivity contribution in [3.8, 4) is 0 Å². The summed E-state index contributed by atoms with van der Waals surface area (Å²) < 4.78 is 46.6. The van der Waals surface area contributed by atoms with Crippen LogP contribution in [0.25, 0.3) is 0 Å². The second-order valence-corrected chi connectivity index (χ2v) is 4.40. The number of nitrogens with zero attached hydrogens (tertiary/aromatic N) is 1. The van der Waals surface area contributed by atoms with Crippen LogP contribution in [0.15, 0.2) is 0 Å². The molecule has 7 heteroatoms. The molecular weight excluding hydrogens is 291 g/mol. The van der Waals surface area contributed by atoms with E-state index in [4.69, 9.17) is 9.47 Å². The van der Waals surface area contributed by atoms with Crippen molar-refractivity contribution in [2.24, 2.45) is 0 Å². The van der Waals surface area contributed by atoms with Crippen molar-refractivity contribution >= 4 is 15.9 Å². The van der Waals surface area contributed by atoms with Gasteiger partial charge in [-0.15, -0.1) is 0 Å². The first kappa shape index (κ1) is 16.1. The molecule has 0 heterocycles. The minimum absolute atomic E-state index is 0.101. The number of methoxy groups -OCH3 is 2. The van der Waals surface area contributed by atoms with E-state index < -0.39 is 11.0 Å². The summed E-state index contributed by atoms with van der Waals surface area (Å²) in [6, 6.07) is 0. The van der Waals surface area contributed by atoms with Crippen molar-refractivity contribution in [3.63, 3.8) is 0 Å². The third kappa shape index (κ3) is 7.43. The molecule has 98 valence electrons. The van der Waals surface area contributed by atoms with E-state index in [1.165, 1.54) is 14.2 Å². The van der Waals surface area contributed by atoms with Gasteiger partial charge in [0.05, 0.1) is 13.2 Å². The van der Waals surface area contributed by atoms with Gasteiger partial charge in [0.25, 0.3) is 0 Å². The maximum atomic E-state index is 12.3. The van der Waals surface area contributed by atoms with Gasteiger partial charge in [-0.1, -0.05) is 15.9 Å². The van der Waals surface area contributed by atoms with Gasteiger partial charge in [-0.25, -0.2) is 0 Å². The Labute approximate surface area is 102 Å². The summed E-state index contributed by atoms with van der Waals surface area (Å²) in [5.74, 6) is 0. The van der Waals surface area contributed by atoms with Crippen LogP contribution in [0.3, 0.4) is 0 Å². The average Bonchev–Trinajstić information content (AvgIpc) is 2.20. The fourth-order valence-corrected chi connectivity index (χ4v) is 1.47. The molecule has 0 aromatic rings. The van der Waals surface area contributed by atoms with Crippen LogP contribution in [0.2, 0.25) is 0 Å². The standard InChI is InChI=1S/C9H17BrF3NO2/c1-15-5-3-14(4-6-16-2)7-8(10)9(11,12)13/h8H,3-7H2,1-2H3. The zero-order valence-corrected chi connectivity index (χ0v) is 11.0. The lowest BCUT2D eigenvalue weighted by molar-refractivity contribution is -0.131. The third-order valence-corrected chi connectivity index (χ3v) is 2.81. The van der Waals surface area contributed by atoms with E-state index in [1.54, 1.807) is 4.90 Å². The minimum Gasteiger partial charge on any atom is -0.383 e. The maximum absolute atomic E-state index is 12.3. The number of ether oxygens (including phenoxy) is 2. The number of hydrogen-bond acceptors (Lipinski definition) is 3. The topological polar surface area (TPSA) is 21.7 Å². The van der Waals surface area contributed by atoms with Crippen LogP contribution in [0.5, 0.6) is 0 Å². The average molecular weight is 308 g/mol. The van der Waals surface area contributed by atoms with Gasteiger partial charge in [0, 0.05) is 33.9 Å². The fraction of sp³-hybridized carbons (Fsp3) is 1.00. The molecule has 0 aliphatic rings. The first-order chi connectivity index (χ1) is 7.41. The summed E-state index contributed by atoms with van der Waals surface area (Å²) in [6.07, 6.45) is -4.22. The first-order valence-corrected chi connectivity index (χ1v) is 5.74. The molecular formula is C9H17BrF3NO2. The molecule has 0 aromatic heterocycles. The summed E-state index contributed by atoms with van der Waals surface area (Å²) in [5.41, 5.74) is 0. The van der Waals surface area contributed by atoms with Crippen LogP contribution in [0.4, 0.5) is 13.2 Å². The highest BCUT2D eigenvalue weighted by molar-refractivity contribution is 9.09. The molecule has 16 heavy (non-hydrogen) atoms. The molecule has 0 spiro atoms. The van der Waals surface area contributed by atoms with Crippen molar-refractivity contribution in [1.29, 1.82) is 0 Å². The largest absolute Gasteiger partial charge is 0.402 e. The number of alkyl halides is 4. The van der Waals surface area contributed by atoms with Crippen LogP contribution in [0, 0.1) is 0 Å². The number of rotatable bonds is 8. The van der Waals surface area contributed by atoms with Crippen LogP contribution in [-0.4, -0.2) is 63.0 Å². The van der Waals surface area contributed by atoms with E-state index in [1.807, 2.05) is 0 Å². The molecule has 0 rings (SSSR count). The van der Waals surface area contributed by atoms with Gasteiger partial charge in [-0.2, -0.15) is 13.2 Å². The highest BCUT2D eigenvalue weighted by Gasteiger charge is 2.38. The third-order valence-electron chi connectivity index (χ3n) is 2.00. The Hall–Kier alpha value is 0.150. The van der Waals surface area contributed by atoms with E-state index in [-0.39, 0.29) is 6.54 Å². The molecule has 0 aliphatic heterocycles. The molecule has 0 radical (unpaired) electrons. The van der Waals surface area contributed by atoms with E-state index >= 15 is 0 Å². The van der Waals surface area contributed by atoms with Gasteiger partial charge >= 0.3 is 6.18 Å². The van der Waals surface area contributed by atoms with Gasteiger partial charge in [0.15, 0.2) is 0 Å². The summed E-state index contributed by atoms with van der Waals surface area (Å²) in [5, 5.41) is 0. The Morgan fingerprint density at radius 3 is 1.88 bits per heavy atom. The van der Waals surface area contributed by atoms with Crippen LogP contribution < -0.4 is 0 Å². The zero-order chi connectivity index (χ0) is 12.6. The van der Waals surface area contributed by atoms with E-state index in [0.29, 0.717) is 26.3 Å². The Bertz CT molecular complexity index is 173. The number of hydrogen-bond donors (Lipinski definition) is 0. The summed E-state index contributed by atoms with van der Waals surface area (Å²) in [4.78, 5) is 0.133. The monoisotopic (exact) mass is 307 g/mol. The predicted octanol–water partition coefficient (Wildman–Crippen LogP) is 1.91. The van der Waals surface area contributed by atoms with Crippen molar-refractivity contribution in [2.75, 3.05) is 47.1 Å². The maximum Gasteiger partial charge on any atom is 0.402 e. The SMILES string of the molecule is COCCN(CCOC)CC(Br)C(F)(F)F. The zero-order valence-electron chi connectivity index (χ0n) is 9.39. The Morgan fingerprint density at radius 1 is 1.12 bits per heavy atom. The van der Waals surface area contributed by atoms with Gasteiger partial charge < -0.3 is 9.47 Å². The predicted molar refractivity (Wildman–Crippen MR) is 59.0 cm³/mol. The Kier molecular flexibility index (Phi) is 8.35. The molecule has 0 amide bonds. The van der Waals surface area contributed by atoms with Gasteiger partial charge in [0.2, 0.25) is 0 Å². The fourth-order valence-electron chi connectivity index (χ4n) is 1.07. The molecule has 0 bridgehead atoms. The van der Waals surface area contributed by atoms with E-state index in [2.05, 4.69) is 15.9 Å². The molecule has 0 saturated heterocycles. The molecule has 0 N–H and O–H groups in total. The van der Waals surface area contributed by atoms with Gasteiger partial charge in [-0.3, -0.25) is 4.90 Å². The Morgan fingerprint density at radius 2 is 1.56 bits per heavy atom. The highest BCUT2D eigenvalue weighted by atomic mass is 79.9. The smallest absolute Gasteiger partial charge is 0.383 e. The Balaban J connectivity index is 4.07. The molecule has 3 nitrogen and oxygen atoms in total. The van der Waals surface area contributed by atoms with E-state index in [9.17, 15) is 13.2 Å². The molecule has 1 atom stereocenters. The quantitative estimate of drug-likeness (QED) is 0.639. The van der Waals surface area contributed by atoms with Crippen LogP contribution in [-0.2, 0) is 9.47 Å². The lowest BCUT2D eigenvalue weighted by atomic mass is 10.3. The number of halogens is 4. The molecule has 0 aromatic carbocycles. The highest BCUT2D eigenvalue weighted by Crippen LogP contribution is 2.26. The van der Waals surface area contributed by atoms with Gasteiger partial charge in [-0.05, 0) is 0 Å².